The zero-order valence-electron chi connectivity index (χ0n) is 6.54. The predicted molar refractivity (Wildman–Crippen MR) is 40.4 cm³/mol. The maximum Gasteiger partial charge on any atom is 0.333 e. The molecule has 0 aromatic rings. The van der Waals surface area contributed by atoms with Crippen molar-refractivity contribution in [3.05, 3.63) is 11.6 Å². The van der Waals surface area contributed by atoms with Crippen LogP contribution in [0.15, 0.2) is 11.6 Å². The van der Waals surface area contributed by atoms with Crippen LogP contribution in [0.5, 0.6) is 0 Å². The molecule has 1 aliphatic rings. The summed E-state index contributed by atoms with van der Waals surface area (Å²) in [5.41, 5.74) is 0.416. The van der Waals surface area contributed by atoms with Crippen LogP contribution in [0.4, 0.5) is 0 Å². The number of carboxylic acids is 1. The standard InChI is InChI=1S/C8H12O3/c1-2-7-6(8(9)10)4-3-5-11-7/h4,7H,2-3,5H2,1H3,(H,9,10). The fraction of sp³-hybridized carbons (Fsp3) is 0.625. The Bertz CT molecular complexity index is 184. The molecule has 0 bridgehead atoms. The first-order chi connectivity index (χ1) is 5.25. The highest BCUT2D eigenvalue weighted by Gasteiger charge is 2.21. The minimum Gasteiger partial charge on any atom is -0.478 e. The van der Waals surface area contributed by atoms with Crippen LogP contribution in [0.3, 0.4) is 0 Å². The molecule has 1 unspecified atom stereocenters. The van der Waals surface area contributed by atoms with Crippen LogP contribution in [0.1, 0.15) is 19.8 Å². The first kappa shape index (κ1) is 8.27. The van der Waals surface area contributed by atoms with Gasteiger partial charge in [-0.05, 0) is 12.8 Å². The van der Waals surface area contributed by atoms with Gasteiger partial charge in [0.1, 0.15) is 0 Å². The van der Waals surface area contributed by atoms with Gasteiger partial charge in [0.05, 0.1) is 18.3 Å². The molecule has 1 N–H and O–H groups in total. The third kappa shape index (κ3) is 1.80. The van der Waals surface area contributed by atoms with Crippen LogP contribution in [-0.4, -0.2) is 23.8 Å². The summed E-state index contributed by atoms with van der Waals surface area (Å²) < 4.78 is 5.25. The Hall–Kier alpha value is -0.830. The van der Waals surface area contributed by atoms with Crippen LogP contribution in [0.2, 0.25) is 0 Å². The second-order valence-corrected chi connectivity index (χ2v) is 2.52. The molecule has 0 aromatic heterocycles. The largest absolute Gasteiger partial charge is 0.478 e. The first-order valence-electron chi connectivity index (χ1n) is 3.80. The summed E-state index contributed by atoms with van der Waals surface area (Å²) >= 11 is 0. The van der Waals surface area contributed by atoms with Gasteiger partial charge in [-0.1, -0.05) is 13.0 Å². The second-order valence-electron chi connectivity index (χ2n) is 2.52. The van der Waals surface area contributed by atoms with Crippen LogP contribution in [0, 0.1) is 0 Å². The number of rotatable bonds is 2. The molecule has 0 spiro atoms. The monoisotopic (exact) mass is 156 g/mol. The van der Waals surface area contributed by atoms with Gasteiger partial charge >= 0.3 is 5.97 Å². The van der Waals surface area contributed by atoms with E-state index in [9.17, 15) is 4.79 Å². The number of hydrogen-bond donors (Lipinski definition) is 1. The Morgan fingerprint density at radius 1 is 1.91 bits per heavy atom. The average molecular weight is 156 g/mol. The van der Waals surface area contributed by atoms with E-state index >= 15 is 0 Å². The Kier molecular flexibility index (Phi) is 2.65. The van der Waals surface area contributed by atoms with Gasteiger partial charge in [-0.15, -0.1) is 0 Å². The van der Waals surface area contributed by atoms with Crippen LogP contribution in [-0.2, 0) is 9.53 Å². The van der Waals surface area contributed by atoms with Crippen molar-refractivity contribution >= 4 is 5.97 Å². The number of carbonyl (C=O) groups is 1. The van der Waals surface area contributed by atoms with Crippen molar-refractivity contribution in [3.8, 4) is 0 Å². The summed E-state index contributed by atoms with van der Waals surface area (Å²) in [6.07, 6.45) is 3.01. The normalized spacial score (nSPS) is 24.5. The summed E-state index contributed by atoms with van der Waals surface area (Å²) in [5, 5.41) is 8.69. The Labute approximate surface area is 65.7 Å². The SMILES string of the molecule is CCC1OCCC=C1C(=O)O. The van der Waals surface area contributed by atoms with E-state index in [1.807, 2.05) is 6.92 Å². The van der Waals surface area contributed by atoms with E-state index in [-0.39, 0.29) is 6.10 Å². The summed E-state index contributed by atoms with van der Waals surface area (Å²) in [6.45, 7) is 2.57. The average Bonchev–Trinajstić information content (AvgIpc) is 2.04. The molecule has 0 radical (unpaired) electrons. The number of aliphatic carboxylic acids is 1. The number of hydrogen-bond acceptors (Lipinski definition) is 2. The molecule has 3 heteroatoms. The molecule has 0 saturated heterocycles. The molecule has 1 atom stereocenters. The van der Waals surface area contributed by atoms with Gasteiger partial charge in [0.25, 0.3) is 0 Å². The summed E-state index contributed by atoms with van der Waals surface area (Å²) in [7, 11) is 0. The molecule has 0 saturated carbocycles. The van der Waals surface area contributed by atoms with Gasteiger partial charge in [0.2, 0.25) is 0 Å². The lowest BCUT2D eigenvalue weighted by atomic mass is 10.0. The lowest BCUT2D eigenvalue weighted by molar-refractivity contribution is -0.134. The second kappa shape index (κ2) is 3.53. The zero-order valence-corrected chi connectivity index (χ0v) is 6.54. The van der Waals surface area contributed by atoms with Gasteiger partial charge in [-0.2, -0.15) is 0 Å². The van der Waals surface area contributed by atoms with E-state index in [0.29, 0.717) is 12.2 Å². The molecule has 0 aromatic carbocycles. The van der Waals surface area contributed by atoms with Gasteiger partial charge in [0, 0.05) is 0 Å². The fourth-order valence-corrected chi connectivity index (χ4v) is 1.21. The fourth-order valence-electron chi connectivity index (χ4n) is 1.21. The molecule has 3 nitrogen and oxygen atoms in total. The summed E-state index contributed by atoms with van der Waals surface area (Å²) in [4.78, 5) is 10.6. The first-order valence-corrected chi connectivity index (χ1v) is 3.80. The highest BCUT2D eigenvalue weighted by atomic mass is 16.5. The van der Waals surface area contributed by atoms with Gasteiger partial charge in [-0.25, -0.2) is 4.79 Å². The molecule has 0 aliphatic carbocycles. The molecule has 0 amide bonds. The van der Waals surface area contributed by atoms with E-state index in [4.69, 9.17) is 9.84 Å². The zero-order chi connectivity index (χ0) is 8.27. The van der Waals surface area contributed by atoms with Gasteiger partial charge in [0.15, 0.2) is 0 Å². The maximum absolute atomic E-state index is 10.6. The molecule has 0 fully saturated rings. The van der Waals surface area contributed by atoms with Gasteiger partial charge in [-0.3, -0.25) is 0 Å². The van der Waals surface area contributed by atoms with Crippen molar-refractivity contribution in [1.82, 2.24) is 0 Å². The molecular formula is C8H12O3. The van der Waals surface area contributed by atoms with Crippen molar-refractivity contribution in [3.63, 3.8) is 0 Å². The minimum atomic E-state index is -0.850. The maximum atomic E-state index is 10.6. The quantitative estimate of drug-likeness (QED) is 0.653. The van der Waals surface area contributed by atoms with E-state index in [1.54, 1.807) is 6.08 Å². The van der Waals surface area contributed by atoms with Crippen LogP contribution >= 0.6 is 0 Å². The van der Waals surface area contributed by atoms with E-state index < -0.39 is 5.97 Å². The Morgan fingerprint density at radius 2 is 2.64 bits per heavy atom. The molecule has 11 heavy (non-hydrogen) atoms. The molecule has 1 rings (SSSR count). The lowest BCUT2D eigenvalue weighted by Gasteiger charge is -2.20. The number of ether oxygens (including phenoxy) is 1. The topological polar surface area (TPSA) is 46.5 Å². The van der Waals surface area contributed by atoms with Crippen molar-refractivity contribution < 1.29 is 14.6 Å². The molecule has 1 heterocycles. The highest BCUT2D eigenvalue weighted by Crippen LogP contribution is 2.16. The van der Waals surface area contributed by atoms with Crippen molar-refractivity contribution in [2.75, 3.05) is 6.61 Å². The molecule has 62 valence electrons. The summed E-state index contributed by atoms with van der Waals surface area (Å²) in [5.74, 6) is -0.850. The Morgan fingerprint density at radius 3 is 3.09 bits per heavy atom. The lowest BCUT2D eigenvalue weighted by Crippen LogP contribution is -2.24. The van der Waals surface area contributed by atoms with E-state index in [1.165, 1.54) is 0 Å². The molecule has 1 aliphatic heterocycles. The number of carboxylic acid groups (broad SMARTS) is 1. The van der Waals surface area contributed by atoms with Crippen molar-refractivity contribution in [2.45, 2.75) is 25.9 Å². The smallest absolute Gasteiger partial charge is 0.333 e. The molecular weight excluding hydrogens is 144 g/mol. The van der Waals surface area contributed by atoms with E-state index in [0.717, 1.165) is 12.8 Å². The van der Waals surface area contributed by atoms with E-state index in [2.05, 4.69) is 0 Å². The predicted octanol–water partition coefficient (Wildman–Crippen LogP) is 1.20. The highest BCUT2D eigenvalue weighted by molar-refractivity contribution is 5.87. The van der Waals surface area contributed by atoms with Crippen molar-refractivity contribution in [2.24, 2.45) is 0 Å². The summed E-state index contributed by atoms with van der Waals surface area (Å²) in [6, 6.07) is 0. The van der Waals surface area contributed by atoms with Gasteiger partial charge < -0.3 is 9.84 Å². The van der Waals surface area contributed by atoms with Crippen LogP contribution in [0.25, 0.3) is 0 Å². The third-order valence-electron chi connectivity index (χ3n) is 1.77. The minimum absolute atomic E-state index is 0.193. The third-order valence-corrected chi connectivity index (χ3v) is 1.77. The Balaban J connectivity index is 2.71. The van der Waals surface area contributed by atoms with Crippen LogP contribution < -0.4 is 0 Å². The van der Waals surface area contributed by atoms with Crippen molar-refractivity contribution in [1.29, 1.82) is 0 Å².